The minimum atomic E-state index is 1.05. The Hall–Kier alpha value is -0.100. The summed E-state index contributed by atoms with van der Waals surface area (Å²) in [6.07, 6.45) is 1.13. The van der Waals surface area contributed by atoms with Crippen molar-refractivity contribution in [3.63, 3.8) is 0 Å². The van der Waals surface area contributed by atoms with Crippen LogP contribution in [0.3, 0.4) is 0 Å². The van der Waals surface area contributed by atoms with Crippen molar-refractivity contribution in [1.29, 1.82) is 0 Å². The largest absolute Gasteiger partial charge is 0.272 e. The maximum atomic E-state index is 4.41. The first kappa shape index (κ1) is 8.50. The summed E-state index contributed by atoms with van der Waals surface area (Å²) in [5, 5.41) is 4.41. The van der Waals surface area contributed by atoms with Crippen molar-refractivity contribution >= 4 is 22.9 Å². The standard InChI is InChI=1S/C8H12IN3/c1-6-7-5-12(9)4-3-8(7)11(2)10-6/h3-5H2,1-2H3. The van der Waals surface area contributed by atoms with Crippen molar-refractivity contribution in [2.45, 2.75) is 19.9 Å². The Morgan fingerprint density at radius 2 is 2.25 bits per heavy atom. The highest BCUT2D eigenvalue weighted by Crippen LogP contribution is 2.23. The van der Waals surface area contributed by atoms with Gasteiger partial charge in [0.1, 0.15) is 0 Å². The van der Waals surface area contributed by atoms with Gasteiger partial charge in [-0.1, -0.05) is 0 Å². The van der Waals surface area contributed by atoms with E-state index in [0.29, 0.717) is 0 Å². The topological polar surface area (TPSA) is 21.1 Å². The van der Waals surface area contributed by atoms with Crippen molar-refractivity contribution in [1.82, 2.24) is 12.9 Å². The number of fused-ring (bicyclic) bond motifs is 1. The lowest BCUT2D eigenvalue weighted by molar-refractivity contribution is 0.468. The Bertz CT molecular complexity index is 305. The molecule has 0 aliphatic carbocycles. The normalized spacial score (nSPS) is 17.9. The van der Waals surface area contributed by atoms with Crippen LogP contribution in [0, 0.1) is 6.92 Å². The lowest BCUT2D eigenvalue weighted by Gasteiger charge is -2.20. The third-order valence-corrected chi connectivity index (χ3v) is 3.22. The van der Waals surface area contributed by atoms with Crippen LogP contribution in [-0.4, -0.2) is 19.4 Å². The van der Waals surface area contributed by atoms with Gasteiger partial charge in [0.25, 0.3) is 0 Å². The molecule has 0 atom stereocenters. The molecule has 0 bridgehead atoms. The predicted molar refractivity (Wildman–Crippen MR) is 56.1 cm³/mol. The highest BCUT2D eigenvalue weighted by Gasteiger charge is 2.20. The van der Waals surface area contributed by atoms with Gasteiger partial charge in [0, 0.05) is 60.7 Å². The van der Waals surface area contributed by atoms with Crippen molar-refractivity contribution in [3.05, 3.63) is 17.0 Å². The van der Waals surface area contributed by atoms with E-state index in [-0.39, 0.29) is 0 Å². The van der Waals surface area contributed by atoms with Gasteiger partial charge in [-0.05, 0) is 6.92 Å². The zero-order valence-corrected chi connectivity index (χ0v) is 9.50. The molecule has 0 saturated carbocycles. The second-order valence-corrected chi connectivity index (χ2v) is 4.59. The van der Waals surface area contributed by atoms with Crippen LogP contribution in [0.1, 0.15) is 17.0 Å². The van der Waals surface area contributed by atoms with E-state index < -0.39 is 0 Å². The molecule has 0 N–H and O–H groups in total. The number of aryl methyl sites for hydroxylation is 2. The Kier molecular flexibility index (Phi) is 2.12. The third-order valence-electron chi connectivity index (χ3n) is 2.40. The molecule has 0 radical (unpaired) electrons. The minimum Gasteiger partial charge on any atom is -0.272 e. The summed E-state index contributed by atoms with van der Waals surface area (Å²) in [5.74, 6) is 0. The molecule has 2 rings (SSSR count). The molecule has 0 aromatic carbocycles. The highest BCUT2D eigenvalue weighted by molar-refractivity contribution is 14.1. The van der Waals surface area contributed by atoms with Gasteiger partial charge in [0.05, 0.1) is 5.69 Å². The maximum Gasteiger partial charge on any atom is 0.0641 e. The van der Waals surface area contributed by atoms with E-state index in [2.05, 4.69) is 38.0 Å². The molecule has 0 unspecified atom stereocenters. The molecule has 66 valence electrons. The molecular weight excluding hydrogens is 265 g/mol. The van der Waals surface area contributed by atoms with Crippen LogP contribution in [-0.2, 0) is 20.0 Å². The van der Waals surface area contributed by atoms with Gasteiger partial charge in [-0.15, -0.1) is 0 Å². The smallest absolute Gasteiger partial charge is 0.0641 e. The van der Waals surface area contributed by atoms with Gasteiger partial charge in [-0.2, -0.15) is 5.10 Å². The molecule has 0 spiro atoms. The van der Waals surface area contributed by atoms with Crippen molar-refractivity contribution in [3.8, 4) is 0 Å². The summed E-state index contributed by atoms with van der Waals surface area (Å²) in [7, 11) is 2.04. The summed E-state index contributed by atoms with van der Waals surface area (Å²) < 4.78 is 4.34. The quantitative estimate of drug-likeness (QED) is 0.528. The fourth-order valence-electron chi connectivity index (χ4n) is 1.75. The van der Waals surface area contributed by atoms with Crippen molar-refractivity contribution < 1.29 is 0 Å². The minimum absolute atomic E-state index is 1.05. The summed E-state index contributed by atoms with van der Waals surface area (Å²) in [6.45, 7) is 4.29. The number of aromatic nitrogens is 2. The second kappa shape index (κ2) is 2.99. The number of hydrogen-bond acceptors (Lipinski definition) is 2. The van der Waals surface area contributed by atoms with Crippen LogP contribution in [0.4, 0.5) is 0 Å². The summed E-state index contributed by atoms with van der Waals surface area (Å²) >= 11 is 2.38. The highest BCUT2D eigenvalue weighted by atomic mass is 127. The molecule has 3 nitrogen and oxygen atoms in total. The SMILES string of the molecule is Cc1nn(C)c2c1CN(I)CC2. The van der Waals surface area contributed by atoms with Gasteiger partial charge < -0.3 is 0 Å². The molecule has 2 heterocycles. The van der Waals surface area contributed by atoms with Crippen LogP contribution in [0.5, 0.6) is 0 Å². The average Bonchev–Trinajstić information content (AvgIpc) is 2.28. The third kappa shape index (κ3) is 1.26. The van der Waals surface area contributed by atoms with Crippen LogP contribution in [0.25, 0.3) is 0 Å². The summed E-state index contributed by atoms with van der Waals surface area (Å²) in [4.78, 5) is 0. The van der Waals surface area contributed by atoms with Gasteiger partial charge in [-0.3, -0.25) is 4.68 Å². The number of nitrogens with zero attached hydrogens (tertiary/aromatic N) is 3. The average molecular weight is 277 g/mol. The molecule has 0 amide bonds. The first-order valence-electron chi connectivity index (χ1n) is 4.10. The summed E-state index contributed by atoms with van der Waals surface area (Å²) in [5.41, 5.74) is 4.03. The molecular formula is C8H12IN3. The first-order chi connectivity index (χ1) is 5.68. The Morgan fingerprint density at radius 1 is 1.50 bits per heavy atom. The number of halogens is 1. The zero-order valence-electron chi connectivity index (χ0n) is 7.34. The van der Waals surface area contributed by atoms with Crippen LogP contribution >= 0.6 is 22.9 Å². The lowest BCUT2D eigenvalue weighted by Crippen LogP contribution is -2.22. The Balaban J connectivity index is 2.45. The first-order valence-corrected chi connectivity index (χ1v) is 5.07. The molecule has 1 aliphatic rings. The fourth-order valence-corrected chi connectivity index (χ4v) is 2.33. The van der Waals surface area contributed by atoms with E-state index in [0.717, 1.165) is 19.5 Å². The number of hydrogen-bond donors (Lipinski definition) is 0. The lowest BCUT2D eigenvalue weighted by atomic mass is 10.1. The van der Waals surface area contributed by atoms with Gasteiger partial charge in [-0.25, -0.2) is 3.11 Å². The van der Waals surface area contributed by atoms with Crippen molar-refractivity contribution in [2.75, 3.05) is 6.54 Å². The molecule has 0 fully saturated rings. The van der Waals surface area contributed by atoms with Crippen LogP contribution < -0.4 is 0 Å². The van der Waals surface area contributed by atoms with E-state index in [4.69, 9.17) is 0 Å². The van der Waals surface area contributed by atoms with E-state index in [1.54, 1.807) is 0 Å². The molecule has 12 heavy (non-hydrogen) atoms. The van der Waals surface area contributed by atoms with Crippen LogP contribution in [0.15, 0.2) is 0 Å². The fraction of sp³-hybridized carbons (Fsp3) is 0.625. The summed E-state index contributed by atoms with van der Waals surface area (Å²) in [6, 6.07) is 0. The Labute approximate surface area is 86.2 Å². The second-order valence-electron chi connectivity index (χ2n) is 3.23. The molecule has 4 heteroatoms. The molecule has 0 saturated heterocycles. The van der Waals surface area contributed by atoms with E-state index in [9.17, 15) is 0 Å². The van der Waals surface area contributed by atoms with Crippen molar-refractivity contribution in [2.24, 2.45) is 7.05 Å². The Morgan fingerprint density at radius 3 is 3.00 bits per heavy atom. The van der Waals surface area contributed by atoms with Gasteiger partial charge in [0.2, 0.25) is 0 Å². The predicted octanol–water partition coefficient (Wildman–Crippen LogP) is 1.44. The molecule has 1 aromatic rings. The van der Waals surface area contributed by atoms with E-state index in [1.807, 2.05) is 11.7 Å². The van der Waals surface area contributed by atoms with Crippen LogP contribution in [0.2, 0.25) is 0 Å². The zero-order chi connectivity index (χ0) is 8.72. The number of rotatable bonds is 0. The monoisotopic (exact) mass is 277 g/mol. The van der Waals surface area contributed by atoms with E-state index >= 15 is 0 Å². The molecule has 1 aromatic heterocycles. The van der Waals surface area contributed by atoms with Gasteiger partial charge in [0.15, 0.2) is 0 Å². The van der Waals surface area contributed by atoms with Gasteiger partial charge >= 0.3 is 0 Å². The van der Waals surface area contributed by atoms with E-state index in [1.165, 1.54) is 17.0 Å². The maximum absolute atomic E-state index is 4.41. The molecule has 1 aliphatic heterocycles.